The van der Waals surface area contributed by atoms with Gasteiger partial charge in [-0.15, -0.1) is 0 Å². The molecular weight excluding hydrogens is 450 g/mol. The monoisotopic (exact) mass is 473 g/mol. The molecule has 1 atom stereocenters. The molecule has 3 rings (SSSR count). The number of ether oxygens (including phenoxy) is 2. The summed E-state index contributed by atoms with van der Waals surface area (Å²) in [7, 11) is -0.605. The van der Waals surface area contributed by atoms with Gasteiger partial charge < -0.3 is 20.1 Å². The van der Waals surface area contributed by atoms with E-state index in [1.54, 1.807) is 32.4 Å². The predicted molar refractivity (Wildman–Crippen MR) is 127 cm³/mol. The van der Waals surface area contributed by atoms with Gasteiger partial charge in [0.15, 0.2) is 5.11 Å². The Kier molecular flexibility index (Phi) is 7.44. The van der Waals surface area contributed by atoms with Gasteiger partial charge in [-0.3, -0.25) is 0 Å². The quantitative estimate of drug-likeness (QED) is 0.424. The highest BCUT2D eigenvalue weighted by Crippen LogP contribution is 2.29. The molecule has 1 aromatic heterocycles. The molecule has 0 spiro atoms. The molecule has 0 aliphatic carbocycles. The van der Waals surface area contributed by atoms with E-state index in [0.717, 1.165) is 5.56 Å². The van der Waals surface area contributed by atoms with E-state index in [1.165, 1.54) is 24.5 Å². The molecule has 0 radical (unpaired) electrons. The molecule has 3 aromatic rings. The number of rotatable bonds is 8. The molecule has 0 aliphatic rings. The van der Waals surface area contributed by atoms with Gasteiger partial charge in [-0.2, -0.15) is 0 Å². The minimum absolute atomic E-state index is 0.00189. The summed E-state index contributed by atoms with van der Waals surface area (Å²) in [5.74, 6) is 1.42. The number of aromatic nitrogens is 2. The molecule has 1 heterocycles. The lowest BCUT2D eigenvalue weighted by Gasteiger charge is -2.20. The normalized spacial score (nSPS) is 11.8. The zero-order valence-corrected chi connectivity index (χ0v) is 19.3. The molecule has 0 unspecified atom stereocenters. The Morgan fingerprint density at radius 2 is 1.72 bits per heavy atom. The SMILES string of the molecule is COc1ccc(OC)c([C@@H](C)NC(=S)Nc2ccc(S(=O)(=O)Nc3ncccn3)cc2)c1. The van der Waals surface area contributed by atoms with Crippen LogP contribution in [-0.2, 0) is 10.0 Å². The highest BCUT2D eigenvalue weighted by molar-refractivity contribution is 7.92. The minimum atomic E-state index is -3.80. The molecule has 0 aliphatic heterocycles. The van der Waals surface area contributed by atoms with Crippen molar-refractivity contribution in [2.75, 3.05) is 24.3 Å². The summed E-state index contributed by atoms with van der Waals surface area (Å²) in [6.45, 7) is 1.94. The Balaban J connectivity index is 1.65. The standard InChI is InChI=1S/C21H23N5O4S2/c1-14(18-13-16(29-2)7-10-19(18)30-3)24-21(31)25-15-5-8-17(9-6-15)32(27,28)26-20-22-11-4-12-23-20/h4-14H,1-3H3,(H,22,23,26)(H2,24,25,31)/t14-/m1/s1. The van der Waals surface area contributed by atoms with Crippen LogP contribution in [0.5, 0.6) is 11.5 Å². The topological polar surface area (TPSA) is 114 Å². The molecule has 11 heteroatoms. The highest BCUT2D eigenvalue weighted by Gasteiger charge is 2.16. The van der Waals surface area contributed by atoms with Crippen molar-refractivity contribution in [3.8, 4) is 11.5 Å². The second-order valence-electron chi connectivity index (χ2n) is 6.63. The molecule has 0 saturated carbocycles. The Bertz CT molecular complexity index is 1170. The maximum absolute atomic E-state index is 12.5. The lowest BCUT2D eigenvalue weighted by atomic mass is 10.1. The Morgan fingerprint density at radius 1 is 1.03 bits per heavy atom. The molecule has 168 valence electrons. The van der Waals surface area contributed by atoms with Crippen molar-refractivity contribution in [1.82, 2.24) is 15.3 Å². The number of benzene rings is 2. The zero-order valence-electron chi connectivity index (χ0n) is 17.7. The van der Waals surface area contributed by atoms with Crippen molar-refractivity contribution in [3.05, 3.63) is 66.5 Å². The summed E-state index contributed by atoms with van der Waals surface area (Å²) in [5, 5.41) is 6.60. The number of methoxy groups -OCH3 is 2. The van der Waals surface area contributed by atoms with E-state index in [2.05, 4.69) is 25.3 Å². The van der Waals surface area contributed by atoms with Crippen LogP contribution >= 0.6 is 12.2 Å². The zero-order chi connectivity index (χ0) is 23.1. The van der Waals surface area contributed by atoms with Crippen LogP contribution in [-0.4, -0.2) is 37.7 Å². The Morgan fingerprint density at radius 3 is 2.34 bits per heavy atom. The number of nitrogens with one attached hydrogen (secondary N) is 3. The molecule has 3 N–H and O–H groups in total. The van der Waals surface area contributed by atoms with Crippen molar-refractivity contribution < 1.29 is 17.9 Å². The van der Waals surface area contributed by atoms with Gasteiger partial charge in [0, 0.05) is 23.6 Å². The number of hydrogen-bond donors (Lipinski definition) is 3. The summed E-state index contributed by atoms with van der Waals surface area (Å²) in [6, 6.07) is 13.1. The van der Waals surface area contributed by atoms with Crippen molar-refractivity contribution >= 4 is 39.0 Å². The summed E-state index contributed by atoms with van der Waals surface area (Å²) in [4.78, 5) is 7.81. The molecule has 9 nitrogen and oxygen atoms in total. The first kappa shape index (κ1) is 23.2. The van der Waals surface area contributed by atoms with Gasteiger partial charge >= 0.3 is 0 Å². The maximum atomic E-state index is 12.5. The molecule has 0 amide bonds. The van der Waals surface area contributed by atoms with Gasteiger partial charge in [0.2, 0.25) is 5.95 Å². The first-order valence-corrected chi connectivity index (χ1v) is 11.4. The van der Waals surface area contributed by atoms with E-state index in [1.807, 2.05) is 25.1 Å². The third kappa shape index (κ3) is 5.83. The summed E-state index contributed by atoms with van der Waals surface area (Å²) >= 11 is 5.40. The van der Waals surface area contributed by atoms with Crippen LogP contribution in [0, 0.1) is 0 Å². The van der Waals surface area contributed by atoms with Crippen LogP contribution in [0.2, 0.25) is 0 Å². The molecular formula is C21H23N5O4S2. The van der Waals surface area contributed by atoms with Gasteiger partial charge in [-0.25, -0.2) is 23.1 Å². The van der Waals surface area contributed by atoms with Gasteiger partial charge in [-0.1, -0.05) is 0 Å². The van der Waals surface area contributed by atoms with Crippen LogP contribution in [0.25, 0.3) is 0 Å². The van der Waals surface area contributed by atoms with Crippen LogP contribution in [0.1, 0.15) is 18.5 Å². The predicted octanol–water partition coefficient (Wildman–Crippen LogP) is 3.34. The lowest BCUT2D eigenvalue weighted by molar-refractivity contribution is 0.395. The first-order chi connectivity index (χ1) is 15.3. The summed E-state index contributed by atoms with van der Waals surface area (Å²) < 4.78 is 38.0. The van der Waals surface area contributed by atoms with Crippen molar-refractivity contribution in [1.29, 1.82) is 0 Å². The van der Waals surface area contributed by atoms with E-state index in [0.29, 0.717) is 22.3 Å². The molecule has 0 fully saturated rings. The fourth-order valence-corrected chi connectivity index (χ4v) is 4.12. The van der Waals surface area contributed by atoms with E-state index in [-0.39, 0.29) is 16.9 Å². The third-order valence-corrected chi connectivity index (χ3v) is 6.03. The van der Waals surface area contributed by atoms with E-state index in [4.69, 9.17) is 21.7 Å². The molecule has 0 saturated heterocycles. The van der Waals surface area contributed by atoms with Crippen LogP contribution in [0.3, 0.4) is 0 Å². The largest absolute Gasteiger partial charge is 0.497 e. The van der Waals surface area contributed by atoms with Gasteiger partial charge in [0.05, 0.1) is 25.2 Å². The van der Waals surface area contributed by atoms with E-state index >= 15 is 0 Å². The fraction of sp³-hybridized carbons (Fsp3) is 0.190. The van der Waals surface area contributed by atoms with Crippen molar-refractivity contribution in [2.24, 2.45) is 0 Å². The van der Waals surface area contributed by atoms with Gasteiger partial charge in [-0.05, 0) is 67.7 Å². The second kappa shape index (κ2) is 10.2. The average molecular weight is 474 g/mol. The van der Waals surface area contributed by atoms with Crippen LogP contribution in [0.15, 0.2) is 65.8 Å². The average Bonchev–Trinajstić information content (AvgIpc) is 2.79. The Hall–Kier alpha value is -3.44. The fourth-order valence-electron chi connectivity index (χ4n) is 2.87. The van der Waals surface area contributed by atoms with E-state index < -0.39 is 10.0 Å². The van der Waals surface area contributed by atoms with Crippen molar-refractivity contribution in [2.45, 2.75) is 17.9 Å². The molecule has 32 heavy (non-hydrogen) atoms. The first-order valence-electron chi connectivity index (χ1n) is 9.51. The smallest absolute Gasteiger partial charge is 0.264 e. The van der Waals surface area contributed by atoms with E-state index in [9.17, 15) is 8.42 Å². The summed E-state index contributed by atoms with van der Waals surface area (Å²) in [6.07, 6.45) is 2.90. The van der Waals surface area contributed by atoms with Crippen LogP contribution < -0.4 is 24.8 Å². The number of hydrogen-bond acceptors (Lipinski definition) is 7. The highest BCUT2D eigenvalue weighted by atomic mass is 32.2. The maximum Gasteiger partial charge on any atom is 0.264 e. The number of nitrogens with zero attached hydrogens (tertiary/aromatic N) is 2. The van der Waals surface area contributed by atoms with Gasteiger partial charge in [0.1, 0.15) is 11.5 Å². The summed E-state index contributed by atoms with van der Waals surface area (Å²) in [5.41, 5.74) is 1.51. The van der Waals surface area contributed by atoms with Crippen LogP contribution in [0.4, 0.5) is 11.6 Å². The third-order valence-electron chi connectivity index (χ3n) is 4.46. The molecule has 0 bridgehead atoms. The lowest BCUT2D eigenvalue weighted by Crippen LogP contribution is -2.31. The Labute approximate surface area is 192 Å². The minimum Gasteiger partial charge on any atom is -0.497 e. The molecule has 2 aromatic carbocycles. The van der Waals surface area contributed by atoms with Crippen molar-refractivity contribution in [3.63, 3.8) is 0 Å². The second-order valence-corrected chi connectivity index (χ2v) is 8.72. The van der Waals surface area contributed by atoms with Gasteiger partial charge in [0.25, 0.3) is 10.0 Å². The number of thiocarbonyl (C=S) groups is 1. The number of anilines is 2. The number of sulfonamides is 1.